The number of benzene rings is 1. The van der Waals surface area contributed by atoms with Crippen LogP contribution < -0.4 is 10.1 Å². The summed E-state index contributed by atoms with van der Waals surface area (Å²) in [5, 5.41) is 9.15. The molecule has 114 valence electrons. The highest BCUT2D eigenvalue weighted by atomic mass is 32.1. The summed E-state index contributed by atoms with van der Waals surface area (Å²) in [7, 11) is 1.62. The molecule has 0 spiro atoms. The van der Waals surface area contributed by atoms with Crippen molar-refractivity contribution in [3.05, 3.63) is 41.4 Å². The first-order valence-corrected chi connectivity index (χ1v) is 7.59. The molecule has 7 heteroatoms. The highest BCUT2D eigenvalue weighted by Gasteiger charge is 2.42. The van der Waals surface area contributed by atoms with Gasteiger partial charge < -0.3 is 9.57 Å². The van der Waals surface area contributed by atoms with Crippen molar-refractivity contribution >= 4 is 28.1 Å². The van der Waals surface area contributed by atoms with Crippen molar-refractivity contribution in [1.29, 1.82) is 0 Å². The lowest BCUT2D eigenvalue weighted by Crippen LogP contribution is -2.40. The lowest BCUT2D eigenvalue weighted by molar-refractivity contribution is -0.135. The summed E-state index contributed by atoms with van der Waals surface area (Å²) in [4.78, 5) is 21.8. The van der Waals surface area contributed by atoms with Crippen LogP contribution in [-0.4, -0.2) is 29.3 Å². The van der Waals surface area contributed by atoms with Crippen molar-refractivity contribution in [2.45, 2.75) is 18.9 Å². The number of nitrogens with zero attached hydrogens (tertiary/aromatic N) is 2. The number of hydrogen-bond acceptors (Lipinski definition) is 6. The minimum atomic E-state index is -1.03. The number of methoxy groups -OCH3 is 1. The number of amides is 1. The summed E-state index contributed by atoms with van der Waals surface area (Å²) < 4.78 is 5.13. The molecule has 2 aromatic rings. The first kappa shape index (κ1) is 14.5. The van der Waals surface area contributed by atoms with Gasteiger partial charge in [0.2, 0.25) is 5.60 Å². The van der Waals surface area contributed by atoms with E-state index in [1.54, 1.807) is 25.6 Å². The van der Waals surface area contributed by atoms with Crippen LogP contribution in [0.1, 0.15) is 18.9 Å². The van der Waals surface area contributed by atoms with Gasteiger partial charge in [-0.2, -0.15) is 0 Å². The van der Waals surface area contributed by atoms with Crippen LogP contribution in [0.5, 0.6) is 5.75 Å². The average molecular weight is 317 g/mol. The number of ether oxygens (including phenoxy) is 1. The zero-order valence-corrected chi connectivity index (χ0v) is 13.0. The Morgan fingerprint density at radius 3 is 2.82 bits per heavy atom. The van der Waals surface area contributed by atoms with Crippen molar-refractivity contribution in [3.63, 3.8) is 0 Å². The summed E-state index contributed by atoms with van der Waals surface area (Å²) in [5.74, 6) is 0.516. The number of nitrogens with one attached hydrogen (secondary N) is 1. The second kappa shape index (κ2) is 5.76. The van der Waals surface area contributed by atoms with E-state index in [-0.39, 0.29) is 5.91 Å². The average Bonchev–Trinajstić information content (AvgIpc) is 3.18. The Balaban J connectivity index is 1.70. The van der Waals surface area contributed by atoms with E-state index in [4.69, 9.17) is 9.57 Å². The molecule has 0 unspecified atom stereocenters. The topological polar surface area (TPSA) is 72.8 Å². The van der Waals surface area contributed by atoms with Crippen molar-refractivity contribution < 1.29 is 14.4 Å². The van der Waals surface area contributed by atoms with Gasteiger partial charge in [-0.15, -0.1) is 11.3 Å². The van der Waals surface area contributed by atoms with Crippen molar-refractivity contribution in [1.82, 2.24) is 4.98 Å². The van der Waals surface area contributed by atoms with E-state index in [2.05, 4.69) is 15.5 Å². The zero-order valence-electron chi connectivity index (χ0n) is 12.2. The molecule has 1 aromatic heterocycles. The Bertz CT molecular complexity index is 697. The molecule has 1 aromatic carbocycles. The van der Waals surface area contributed by atoms with Gasteiger partial charge in [0, 0.05) is 18.0 Å². The molecule has 0 radical (unpaired) electrons. The minimum Gasteiger partial charge on any atom is -0.497 e. The van der Waals surface area contributed by atoms with Crippen LogP contribution in [0.15, 0.2) is 41.0 Å². The molecule has 0 aliphatic carbocycles. The molecule has 0 bridgehead atoms. The molecule has 1 atom stereocenters. The smallest absolute Gasteiger partial charge is 0.273 e. The molecular formula is C15H15N3O3S. The van der Waals surface area contributed by atoms with Gasteiger partial charge in [-0.3, -0.25) is 10.1 Å². The number of carbonyl (C=O) groups is 1. The Morgan fingerprint density at radius 2 is 2.18 bits per heavy atom. The predicted octanol–water partition coefficient (Wildman–Crippen LogP) is 2.67. The van der Waals surface area contributed by atoms with Crippen LogP contribution in [0.3, 0.4) is 0 Å². The van der Waals surface area contributed by atoms with Crippen LogP contribution in [-0.2, 0) is 9.63 Å². The van der Waals surface area contributed by atoms with Gasteiger partial charge in [-0.25, -0.2) is 4.98 Å². The SMILES string of the molecule is COc1ccc(C2=NO[C@](C)(C(=O)Nc3nccs3)C2)cc1. The maximum atomic E-state index is 12.3. The molecule has 1 N–H and O–H groups in total. The summed E-state index contributed by atoms with van der Waals surface area (Å²) in [6.45, 7) is 1.72. The van der Waals surface area contributed by atoms with Crippen LogP contribution in [0.4, 0.5) is 5.13 Å². The lowest BCUT2D eigenvalue weighted by Gasteiger charge is -2.19. The van der Waals surface area contributed by atoms with E-state index < -0.39 is 5.60 Å². The molecular weight excluding hydrogens is 302 g/mol. The van der Waals surface area contributed by atoms with Gasteiger partial charge in [0.15, 0.2) is 5.13 Å². The third-order valence-electron chi connectivity index (χ3n) is 3.42. The standard InChI is InChI=1S/C15H15N3O3S/c1-15(13(19)17-14-16-7-8-22-14)9-12(18-21-15)10-3-5-11(20-2)6-4-10/h3-8H,9H2,1-2H3,(H,16,17,19)/t15-/m0/s1. The Labute approximate surface area is 131 Å². The number of hydrogen-bond donors (Lipinski definition) is 1. The monoisotopic (exact) mass is 317 g/mol. The third kappa shape index (κ3) is 2.80. The van der Waals surface area contributed by atoms with Crippen molar-refractivity contribution in [2.24, 2.45) is 5.16 Å². The Kier molecular flexibility index (Phi) is 3.81. The van der Waals surface area contributed by atoms with Crippen LogP contribution in [0, 0.1) is 0 Å². The molecule has 0 fully saturated rings. The molecule has 1 aliphatic rings. The first-order valence-electron chi connectivity index (χ1n) is 6.71. The highest BCUT2D eigenvalue weighted by molar-refractivity contribution is 7.13. The minimum absolute atomic E-state index is 0.255. The second-order valence-electron chi connectivity index (χ2n) is 5.06. The van der Waals surface area contributed by atoms with Crippen molar-refractivity contribution in [3.8, 4) is 5.75 Å². The van der Waals surface area contributed by atoms with E-state index in [0.717, 1.165) is 17.0 Å². The fourth-order valence-corrected chi connectivity index (χ4v) is 2.64. The maximum absolute atomic E-state index is 12.3. The number of thiazole rings is 1. The van der Waals surface area contributed by atoms with Crippen LogP contribution in [0.2, 0.25) is 0 Å². The third-order valence-corrected chi connectivity index (χ3v) is 4.11. The Morgan fingerprint density at radius 1 is 1.41 bits per heavy atom. The molecule has 0 saturated heterocycles. The van der Waals surface area contributed by atoms with Gasteiger partial charge in [0.1, 0.15) is 5.75 Å². The zero-order chi connectivity index (χ0) is 15.6. The van der Waals surface area contributed by atoms with E-state index in [9.17, 15) is 4.79 Å². The number of carbonyl (C=O) groups excluding carboxylic acids is 1. The number of anilines is 1. The van der Waals surface area contributed by atoms with E-state index >= 15 is 0 Å². The summed E-state index contributed by atoms with van der Waals surface area (Å²) in [5.41, 5.74) is 0.618. The maximum Gasteiger partial charge on any atom is 0.273 e. The van der Waals surface area contributed by atoms with Crippen molar-refractivity contribution in [2.75, 3.05) is 12.4 Å². The fraction of sp³-hybridized carbons (Fsp3) is 0.267. The fourth-order valence-electron chi connectivity index (χ4n) is 2.11. The molecule has 0 saturated carbocycles. The molecule has 22 heavy (non-hydrogen) atoms. The number of rotatable bonds is 4. The van der Waals surface area contributed by atoms with Crippen LogP contribution >= 0.6 is 11.3 Å². The molecule has 1 amide bonds. The Hall–Kier alpha value is -2.41. The first-order chi connectivity index (χ1) is 10.6. The summed E-state index contributed by atoms with van der Waals surface area (Å²) in [6, 6.07) is 7.49. The van der Waals surface area contributed by atoms with E-state index in [1.807, 2.05) is 24.3 Å². The van der Waals surface area contributed by atoms with Gasteiger partial charge in [0.05, 0.1) is 12.8 Å². The highest BCUT2D eigenvalue weighted by Crippen LogP contribution is 2.29. The quantitative estimate of drug-likeness (QED) is 0.941. The largest absolute Gasteiger partial charge is 0.497 e. The molecule has 6 nitrogen and oxygen atoms in total. The summed E-state index contributed by atoms with van der Waals surface area (Å²) in [6.07, 6.45) is 2.04. The second-order valence-corrected chi connectivity index (χ2v) is 5.95. The lowest BCUT2D eigenvalue weighted by atomic mass is 9.95. The normalized spacial score (nSPS) is 20.2. The van der Waals surface area contributed by atoms with E-state index in [1.165, 1.54) is 11.3 Å². The van der Waals surface area contributed by atoms with Gasteiger partial charge >= 0.3 is 0 Å². The number of oxime groups is 1. The predicted molar refractivity (Wildman–Crippen MR) is 84.4 cm³/mol. The van der Waals surface area contributed by atoms with Gasteiger partial charge in [-0.1, -0.05) is 5.16 Å². The molecule has 1 aliphatic heterocycles. The van der Waals surface area contributed by atoms with Crippen LogP contribution in [0.25, 0.3) is 0 Å². The van der Waals surface area contributed by atoms with Gasteiger partial charge in [0.25, 0.3) is 5.91 Å². The molecule has 3 rings (SSSR count). The number of aromatic nitrogens is 1. The van der Waals surface area contributed by atoms with Gasteiger partial charge in [-0.05, 0) is 36.8 Å². The van der Waals surface area contributed by atoms with E-state index in [0.29, 0.717) is 11.6 Å². The summed E-state index contributed by atoms with van der Waals surface area (Å²) >= 11 is 1.36. The molecule has 2 heterocycles.